The quantitative estimate of drug-likeness (QED) is 0.716. The smallest absolute Gasteiger partial charge is 0.253 e. The van der Waals surface area contributed by atoms with E-state index in [0.717, 1.165) is 27.9 Å². The third-order valence-corrected chi connectivity index (χ3v) is 4.11. The molecule has 3 rings (SSSR count). The average molecular weight is 356 g/mol. The minimum atomic E-state index is -0.0247. The lowest BCUT2D eigenvalue weighted by Gasteiger charge is -2.11. The van der Waals surface area contributed by atoms with Crippen LogP contribution >= 0.6 is 0 Å². The number of nitrogens with zero attached hydrogens (tertiary/aromatic N) is 3. The third-order valence-electron chi connectivity index (χ3n) is 4.11. The van der Waals surface area contributed by atoms with E-state index < -0.39 is 0 Å². The van der Waals surface area contributed by atoms with Gasteiger partial charge in [0.05, 0.1) is 11.3 Å². The first-order valence-corrected chi connectivity index (χ1v) is 8.47. The monoisotopic (exact) mass is 356 g/mol. The van der Waals surface area contributed by atoms with E-state index in [4.69, 9.17) is 5.73 Å². The molecule has 0 aliphatic rings. The van der Waals surface area contributed by atoms with Crippen LogP contribution in [0.1, 0.15) is 27.2 Å². The highest BCUT2D eigenvalue weighted by Crippen LogP contribution is 2.25. The number of nitrogens with two attached hydrogens (primary N) is 1. The second-order valence-corrected chi connectivity index (χ2v) is 6.32. The molecular weight excluding hydrogens is 336 g/mol. The molecule has 2 heterocycles. The molecule has 2 aromatic heterocycles. The molecule has 3 aromatic rings. The van der Waals surface area contributed by atoms with Crippen molar-refractivity contribution in [1.29, 1.82) is 0 Å². The Morgan fingerprint density at radius 1 is 1.00 bits per heavy atom. The number of carbonyl (C=O) groups excluding carboxylic acids is 1. The predicted molar refractivity (Wildman–Crippen MR) is 107 cm³/mol. The fourth-order valence-electron chi connectivity index (χ4n) is 2.63. The molecule has 0 bridgehead atoms. The van der Waals surface area contributed by atoms with E-state index in [1.165, 1.54) is 0 Å². The molecule has 0 unspecified atom stereocenters. The fourth-order valence-corrected chi connectivity index (χ4v) is 2.63. The lowest BCUT2D eigenvalue weighted by molar-refractivity contribution is 0.0827. The van der Waals surface area contributed by atoms with Crippen LogP contribution in [0.4, 0.5) is 5.82 Å². The van der Waals surface area contributed by atoms with Crippen molar-refractivity contribution in [2.75, 3.05) is 19.8 Å². The molecule has 0 saturated carbocycles. The zero-order valence-electron chi connectivity index (χ0n) is 15.5. The van der Waals surface area contributed by atoms with E-state index in [-0.39, 0.29) is 5.91 Å². The zero-order valence-corrected chi connectivity index (χ0v) is 15.5. The number of nitrogen functional groups attached to an aromatic ring is 1. The lowest BCUT2D eigenvalue weighted by atomic mass is 9.98. The summed E-state index contributed by atoms with van der Waals surface area (Å²) in [6, 6.07) is 13.0. The summed E-state index contributed by atoms with van der Waals surface area (Å²) in [6.07, 6.45) is 3.41. The maximum absolute atomic E-state index is 12.1. The Kier molecular flexibility index (Phi) is 5.18. The number of hydrogen-bond donors (Lipinski definition) is 1. The number of carbonyl (C=O) groups is 1. The summed E-state index contributed by atoms with van der Waals surface area (Å²) in [7, 11) is 3.48. The SMILES string of the molecule is Cc1nccc(-c2ccc(C(=O)N(C)C)cc2)c1C#Cc1ccc(N)nc1. The van der Waals surface area contributed by atoms with Gasteiger partial charge in [-0.3, -0.25) is 9.78 Å². The zero-order chi connectivity index (χ0) is 19.4. The number of rotatable bonds is 2. The van der Waals surface area contributed by atoms with Crippen molar-refractivity contribution in [3.05, 3.63) is 77.2 Å². The van der Waals surface area contributed by atoms with Crippen molar-refractivity contribution in [3.8, 4) is 23.0 Å². The Morgan fingerprint density at radius 3 is 2.37 bits per heavy atom. The number of aromatic nitrogens is 2. The highest BCUT2D eigenvalue weighted by molar-refractivity contribution is 5.94. The second kappa shape index (κ2) is 7.71. The molecule has 0 spiro atoms. The molecule has 0 radical (unpaired) electrons. The van der Waals surface area contributed by atoms with Crippen LogP contribution in [0.2, 0.25) is 0 Å². The van der Waals surface area contributed by atoms with Crippen LogP contribution in [-0.4, -0.2) is 34.9 Å². The van der Waals surface area contributed by atoms with Gasteiger partial charge in [0.2, 0.25) is 0 Å². The van der Waals surface area contributed by atoms with Crippen LogP contribution in [0, 0.1) is 18.8 Å². The Morgan fingerprint density at radius 2 is 1.74 bits per heavy atom. The average Bonchev–Trinajstić information content (AvgIpc) is 2.67. The van der Waals surface area contributed by atoms with Crippen LogP contribution in [0.5, 0.6) is 0 Å². The summed E-state index contributed by atoms with van der Waals surface area (Å²) in [5.41, 5.74) is 10.7. The Hall–Kier alpha value is -3.65. The maximum atomic E-state index is 12.1. The summed E-state index contributed by atoms with van der Waals surface area (Å²) in [5.74, 6) is 6.76. The van der Waals surface area contributed by atoms with Gasteiger partial charge in [0, 0.05) is 43.2 Å². The highest BCUT2D eigenvalue weighted by Gasteiger charge is 2.10. The van der Waals surface area contributed by atoms with Crippen molar-refractivity contribution >= 4 is 11.7 Å². The van der Waals surface area contributed by atoms with Gasteiger partial charge < -0.3 is 10.6 Å². The van der Waals surface area contributed by atoms with E-state index in [9.17, 15) is 4.79 Å². The van der Waals surface area contributed by atoms with E-state index >= 15 is 0 Å². The molecule has 27 heavy (non-hydrogen) atoms. The van der Waals surface area contributed by atoms with Gasteiger partial charge in [-0.2, -0.15) is 0 Å². The molecule has 0 atom stereocenters. The van der Waals surface area contributed by atoms with Gasteiger partial charge in [0.25, 0.3) is 5.91 Å². The molecule has 1 aromatic carbocycles. The Labute approximate surface area is 158 Å². The summed E-state index contributed by atoms with van der Waals surface area (Å²) in [4.78, 5) is 22.1. The van der Waals surface area contributed by atoms with Crippen molar-refractivity contribution in [3.63, 3.8) is 0 Å². The third kappa shape index (κ3) is 4.13. The molecule has 0 fully saturated rings. The van der Waals surface area contributed by atoms with Crippen molar-refractivity contribution < 1.29 is 4.79 Å². The van der Waals surface area contributed by atoms with Gasteiger partial charge in [-0.1, -0.05) is 24.0 Å². The van der Waals surface area contributed by atoms with Gasteiger partial charge in [-0.15, -0.1) is 0 Å². The van der Waals surface area contributed by atoms with Crippen molar-refractivity contribution in [2.24, 2.45) is 0 Å². The number of hydrogen-bond acceptors (Lipinski definition) is 4. The molecular formula is C22H20N4O. The van der Waals surface area contributed by atoms with Gasteiger partial charge >= 0.3 is 0 Å². The van der Waals surface area contributed by atoms with Crippen LogP contribution in [0.3, 0.4) is 0 Å². The summed E-state index contributed by atoms with van der Waals surface area (Å²) in [6.45, 7) is 1.93. The number of aryl methyl sites for hydroxylation is 1. The van der Waals surface area contributed by atoms with Crippen LogP contribution < -0.4 is 5.73 Å². The van der Waals surface area contributed by atoms with Crippen molar-refractivity contribution in [1.82, 2.24) is 14.9 Å². The van der Waals surface area contributed by atoms with Crippen LogP contribution in [0.15, 0.2) is 54.9 Å². The van der Waals surface area contributed by atoms with Crippen molar-refractivity contribution in [2.45, 2.75) is 6.92 Å². The maximum Gasteiger partial charge on any atom is 0.253 e. The normalized spacial score (nSPS) is 10.0. The number of benzene rings is 1. The molecule has 1 amide bonds. The summed E-state index contributed by atoms with van der Waals surface area (Å²) >= 11 is 0. The Bertz CT molecular complexity index is 1030. The van der Waals surface area contributed by atoms with E-state index in [1.807, 2.05) is 43.3 Å². The van der Waals surface area contributed by atoms with Gasteiger partial charge in [-0.25, -0.2) is 4.98 Å². The largest absolute Gasteiger partial charge is 0.384 e. The molecule has 0 aliphatic carbocycles. The van der Waals surface area contributed by atoms with E-state index in [2.05, 4.69) is 21.8 Å². The minimum absolute atomic E-state index is 0.0247. The number of amides is 1. The number of pyridine rings is 2. The van der Waals surface area contributed by atoms with Crippen LogP contribution in [0.25, 0.3) is 11.1 Å². The fraction of sp³-hybridized carbons (Fsp3) is 0.136. The highest BCUT2D eigenvalue weighted by atomic mass is 16.2. The molecule has 0 saturated heterocycles. The first-order chi connectivity index (χ1) is 13.0. The molecule has 2 N–H and O–H groups in total. The minimum Gasteiger partial charge on any atom is -0.384 e. The topological polar surface area (TPSA) is 72.1 Å². The molecule has 134 valence electrons. The second-order valence-electron chi connectivity index (χ2n) is 6.32. The first-order valence-electron chi connectivity index (χ1n) is 8.47. The summed E-state index contributed by atoms with van der Waals surface area (Å²) in [5, 5.41) is 0. The molecule has 5 nitrogen and oxygen atoms in total. The number of anilines is 1. The summed E-state index contributed by atoms with van der Waals surface area (Å²) < 4.78 is 0. The first kappa shape index (κ1) is 18.2. The molecule has 0 aliphatic heterocycles. The lowest BCUT2D eigenvalue weighted by Crippen LogP contribution is -2.21. The van der Waals surface area contributed by atoms with E-state index in [0.29, 0.717) is 11.4 Å². The standard InChI is InChI=1S/C22H20N4O/c1-15-19(10-4-16-5-11-21(23)25-14-16)20(12-13-24-15)17-6-8-18(9-7-17)22(27)26(2)3/h5-9,11-14H,1-3H3,(H2,23,25). The van der Waals surface area contributed by atoms with E-state index in [1.54, 1.807) is 37.5 Å². The molecule has 5 heteroatoms. The van der Waals surface area contributed by atoms with Gasteiger partial charge in [0.15, 0.2) is 0 Å². The Balaban J connectivity index is 1.99. The van der Waals surface area contributed by atoms with Gasteiger partial charge in [0.1, 0.15) is 5.82 Å². The van der Waals surface area contributed by atoms with Crippen LogP contribution in [-0.2, 0) is 0 Å². The predicted octanol–water partition coefficient (Wildman–Crippen LogP) is 3.14. The van der Waals surface area contributed by atoms with Gasteiger partial charge in [-0.05, 0) is 42.8 Å².